The average molecular weight is 262 g/mol. The molecular formula is C7H7BBr2. The molecule has 0 N–H and O–H groups in total. The van der Waals surface area contributed by atoms with E-state index in [2.05, 4.69) is 51.8 Å². The molecule has 0 heterocycles. The van der Waals surface area contributed by atoms with E-state index in [4.69, 9.17) is 0 Å². The Morgan fingerprint density at radius 1 is 1.10 bits per heavy atom. The molecule has 0 amide bonds. The summed E-state index contributed by atoms with van der Waals surface area (Å²) in [7, 11) is 2.15. The first-order chi connectivity index (χ1) is 4.72. The smallest absolute Gasteiger partial charge is 0.0566 e. The summed E-state index contributed by atoms with van der Waals surface area (Å²) in [5, 5.41) is 0. The van der Waals surface area contributed by atoms with Crippen LogP contribution in [0.15, 0.2) is 27.1 Å². The average Bonchev–Trinajstić information content (AvgIpc) is 1.85. The summed E-state index contributed by atoms with van der Waals surface area (Å²) in [6, 6.07) is 6.30. The van der Waals surface area contributed by atoms with Crippen LogP contribution in [0.2, 0.25) is 0 Å². The van der Waals surface area contributed by atoms with E-state index in [1.165, 1.54) is 5.56 Å². The zero-order valence-corrected chi connectivity index (χ0v) is 8.87. The summed E-state index contributed by atoms with van der Waals surface area (Å²) < 4.78 is 2.28. The fourth-order valence-corrected chi connectivity index (χ4v) is 2.20. The van der Waals surface area contributed by atoms with Gasteiger partial charge in [-0.05, 0) is 18.2 Å². The molecule has 0 radical (unpaired) electrons. The Bertz CT molecular complexity index is 215. The third-order valence-corrected chi connectivity index (χ3v) is 2.25. The fraction of sp³-hybridized carbons (Fsp3) is 0.143. The molecule has 0 saturated heterocycles. The largest absolute Gasteiger partial charge is 0.107 e. The number of benzene rings is 1. The van der Waals surface area contributed by atoms with Crippen LogP contribution >= 0.6 is 31.9 Å². The van der Waals surface area contributed by atoms with Crippen LogP contribution in [0.25, 0.3) is 0 Å². The van der Waals surface area contributed by atoms with Gasteiger partial charge in [-0.15, -0.1) is 0 Å². The zero-order valence-electron chi connectivity index (χ0n) is 5.70. The molecule has 0 aliphatic carbocycles. The highest BCUT2D eigenvalue weighted by molar-refractivity contribution is 9.11. The van der Waals surface area contributed by atoms with Gasteiger partial charge in [0.2, 0.25) is 0 Å². The van der Waals surface area contributed by atoms with E-state index in [1.807, 2.05) is 6.07 Å². The maximum atomic E-state index is 3.42. The topological polar surface area (TPSA) is 0 Å². The van der Waals surface area contributed by atoms with E-state index in [-0.39, 0.29) is 0 Å². The minimum atomic E-state index is 1.08. The molecule has 52 valence electrons. The molecule has 0 spiro atoms. The standard InChI is InChI=1S/C7H7BBr2/c8-4-5-1-6(9)3-7(10)2-5/h1-3H,4,8H2. The number of hydrogen-bond acceptors (Lipinski definition) is 0. The Labute approximate surface area is 78.7 Å². The van der Waals surface area contributed by atoms with Crippen LogP contribution in [0.1, 0.15) is 5.56 Å². The number of hydrogen-bond donors (Lipinski definition) is 0. The minimum absolute atomic E-state index is 1.08. The molecule has 10 heavy (non-hydrogen) atoms. The molecule has 0 nitrogen and oxygen atoms in total. The predicted octanol–water partition coefficient (Wildman–Crippen LogP) is 2.34. The van der Waals surface area contributed by atoms with Gasteiger partial charge < -0.3 is 0 Å². The van der Waals surface area contributed by atoms with Crippen molar-refractivity contribution in [2.75, 3.05) is 0 Å². The van der Waals surface area contributed by atoms with Crippen molar-refractivity contribution in [3.8, 4) is 0 Å². The molecule has 0 unspecified atom stereocenters. The monoisotopic (exact) mass is 260 g/mol. The van der Waals surface area contributed by atoms with Crippen molar-refractivity contribution >= 4 is 39.7 Å². The van der Waals surface area contributed by atoms with Gasteiger partial charge in [0, 0.05) is 8.95 Å². The first-order valence-corrected chi connectivity index (χ1v) is 4.76. The number of halogens is 2. The SMILES string of the molecule is BCc1cc(Br)cc(Br)c1. The van der Waals surface area contributed by atoms with Crippen LogP contribution in [0.4, 0.5) is 0 Å². The van der Waals surface area contributed by atoms with E-state index in [0.29, 0.717) is 0 Å². The first kappa shape index (κ1) is 8.34. The molecule has 0 aliphatic rings. The van der Waals surface area contributed by atoms with Crippen molar-refractivity contribution in [2.45, 2.75) is 6.32 Å². The van der Waals surface area contributed by atoms with Crippen LogP contribution in [0.5, 0.6) is 0 Å². The quantitative estimate of drug-likeness (QED) is 0.681. The lowest BCUT2D eigenvalue weighted by atomic mass is 9.97. The maximum absolute atomic E-state index is 3.42. The van der Waals surface area contributed by atoms with Gasteiger partial charge in [0.25, 0.3) is 0 Å². The summed E-state index contributed by atoms with van der Waals surface area (Å²) in [4.78, 5) is 0. The van der Waals surface area contributed by atoms with Crippen LogP contribution in [-0.4, -0.2) is 7.85 Å². The second-order valence-corrected chi connectivity index (χ2v) is 3.96. The van der Waals surface area contributed by atoms with E-state index in [1.54, 1.807) is 0 Å². The molecule has 0 fully saturated rings. The lowest BCUT2D eigenvalue weighted by molar-refractivity contribution is 1.37. The van der Waals surface area contributed by atoms with Gasteiger partial charge >= 0.3 is 0 Å². The summed E-state index contributed by atoms with van der Waals surface area (Å²) >= 11 is 6.85. The molecule has 1 rings (SSSR count). The molecule has 1 aromatic carbocycles. The summed E-state index contributed by atoms with van der Waals surface area (Å²) in [5.74, 6) is 0. The van der Waals surface area contributed by atoms with Crippen LogP contribution in [0.3, 0.4) is 0 Å². The van der Waals surface area contributed by atoms with E-state index >= 15 is 0 Å². The van der Waals surface area contributed by atoms with Gasteiger partial charge in [0.05, 0.1) is 0 Å². The summed E-state index contributed by atoms with van der Waals surface area (Å²) in [5.41, 5.74) is 1.35. The minimum Gasteiger partial charge on any atom is -0.0566 e. The molecule has 3 heteroatoms. The van der Waals surface area contributed by atoms with Crippen LogP contribution in [-0.2, 0) is 6.32 Å². The zero-order chi connectivity index (χ0) is 7.56. The molecule has 0 atom stereocenters. The van der Waals surface area contributed by atoms with Crippen molar-refractivity contribution in [3.63, 3.8) is 0 Å². The van der Waals surface area contributed by atoms with Gasteiger partial charge in [-0.25, -0.2) is 0 Å². The van der Waals surface area contributed by atoms with Crippen molar-refractivity contribution in [1.29, 1.82) is 0 Å². The van der Waals surface area contributed by atoms with Gasteiger partial charge in [-0.3, -0.25) is 0 Å². The first-order valence-electron chi connectivity index (χ1n) is 3.17. The van der Waals surface area contributed by atoms with E-state index in [0.717, 1.165) is 15.3 Å². The van der Waals surface area contributed by atoms with Crippen molar-refractivity contribution in [3.05, 3.63) is 32.7 Å². The second kappa shape index (κ2) is 3.58. The van der Waals surface area contributed by atoms with Gasteiger partial charge in [-0.2, -0.15) is 0 Å². The van der Waals surface area contributed by atoms with Crippen LogP contribution < -0.4 is 0 Å². The highest BCUT2D eigenvalue weighted by atomic mass is 79.9. The van der Waals surface area contributed by atoms with Crippen LogP contribution in [0, 0.1) is 0 Å². The third kappa shape index (κ3) is 2.13. The maximum Gasteiger partial charge on any atom is 0.107 e. The second-order valence-electron chi connectivity index (χ2n) is 2.13. The Morgan fingerprint density at radius 3 is 2.00 bits per heavy atom. The Hall–Kier alpha value is 0.245. The van der Waals surface area contributed by atoms with Gasteiger partial charge in [0.1, 0.15) is 7.85 Å². The van der Waals surface area contributed by atoms with E-state index < -0.39 is 0 Å². The van der Waals surface area contributed by atoms with E-state index in [9.17, 15) is 0 Å². The summed E-state index contributed by atoms with van der Waals surface area (Å²) in [6.45, 7) is 0. The molecular weight excluding hydrogens is 255 g/mol. The van der Waals surface area contributed by atoms with Gasteiger partial charge in [0.15, 0.2) is 0 Å². The van der Waals surface area contributed by atoms with Crippen molar-refractivity contribution in [1.82, 2.24) is 0 Å². The lowest BCUT2D eigenvalue weighted by Crippen LogP contribution is -1.82. The van der Waals surface area contributed by atoms with Crippen molar-refractivity contribution < 1.29 is 0 Å². The Balaban J connectivity index is 3.06. The highest BCUT2D eigenvalue weighted by Crippen LogP contribution is 2.19. The molecule has 0 aliphatic heterocycles. The predicted molar refractivity (Wildman–Crippen MR) is 54.1 cm³/mol. The Morgan fingerprint density at radius 2 is 1.60 bits per heavy atom. The molecule has 0 aromatic heterocycles. The molecule has 0 saturated carbocycles. The Kier molecular flexibility index (Phi) is 2.99. The van der Waals surface area contributed by atoms with Gasteiger partial charge in [-0.1, -0.05) is 43.7 Å². The normalized spacial score (nSPS) is 9.80. The number of rotatable bonds is 1. The molecule has 1 aromatic rings. The summed E-state index contributed by atoms with van der Waals surface area (Å²) in [6.07, 6.45) is 1.08. The van der Waals surface area contributed by atoms with Crippen molar-refractivity contribution in [2.24, 2.45) is 0 Å². The lowest BCUT2D eigenvalue weighted by Gasteiger charge is -1.97. The fourth-order valence-electron chi connectivity index (χ4n) is 0.815. The third-order valence-electron chi connectivity index (χ3n) is 1.33. The molecule has 0 bridgehead atoms. The highest BCUT2D eigenvalue weighted by Gasteiger charge is 1.93.